The third-order valence-electron chi connectivity index (χ3n) is 5.06. The number of esters is 1. The third kappa shape index (κ3) is 4.14. The summed E-state index contributed by atoms with van der Waals surface area (Å²) < 4.78 is 17.0. The van der Waals surface area contributed by atoms with Crippen LogP contribution in [0.5, 0.6) is 0 Å². The molecule has 2 rings (SSSR count). The van der Waals surface area contributed by atoms with Crippen LogP contribution in [0, 0.1) is 6.92 Å². The number of carbonyl (C=O) groups is 1. The van der Waals surface area contributed by atoms with E-state index in [4.69, 9.17) is 19.2 Å². The number of ether oxygens (including phenoxy) is 1. The Hall–Kier alpha value is -1.63. The van der Waals surface area contributed by atoms with Gasteiger partial charge >= 0.3 is 13.1 Å². The summed E-state index contributed by atoms with van der Waals surface area (Å²) >= 11 is 0. The molecule has 0 radical (unpaired) electrons. The van der Waals surface area contributed by atoms with Crippen molar-refractivity contribution in [2.75, 3.05) is 13.7 Å². The van der Waals surface area contributed by atoms with Crippen LogP contribution in [-0.4, -0.2) is 43.1 Å². The van der Waals surface area contributed by atoms with E-state index in [-0.39, 0.29) is 6.61 Å². The van der Waals surface area contributed by atoms with Gasteiger partial charge in [0.1, 0.15) is 0 Å². The summed E-state index contributed by atoms with van der Waals surface area (Å²) in [5, 5.41) is 9.15. The van der Waals surface area contributed by atoms with E-state index in [0.29, 0.717) is 12.0 Å². The molecule has 1 fully saturated rings. The summed E-state index contributed by atoms with van der Waals surface area (Å²) in [5.74, 6) is -0.436. The smallest absolute Gasteiger partial charge is 0.466 e. The predicted octanol–water partition coefficient (Wildman–Crippen LogP) is 1.93. The molecule has 1 aromatic rings. The van der Waals surface area contributed by atoms with Crippen molar-refractivity contribution in [3.05, 3.63) is 41.0 Å². The van der Waals surface area contributed by atoms with Crippen LogP contribution in [0.1, 0.15) is 38.8 Å². The summed E-state index contributed by atoms with van der Waals surface area (Å²) in [6.07, 6.45) is 1.86. The monoisotopic (exact) mass is 346 g/mol. The second kappa shape index (κ2) is 7.32. The molecular formula is C19H27BO5. The van der Waals surface area contributed by atoms with E-state index in [0.717, 1.165) is 16.6 Å². The van der Waals surface area contributed by atoms with Gasteiger partial charge in [0, 0.05) is 12.0 Å². The van der Waals surface area contributed by atoms with Crippen molar-refractivity contribution in [1.82, 2.24) is 0 Å². The SMILES string of the molecule is COC(=O)/C(=C/CO)Cc1cc(B2OC(C)(C)C(C)(C)O2)ccc1C. The molecule has 1 aliphatic rings. The lowest BCUT2D eigenvalue weighted by Crippen LogP contribution is -2.41. The number of benzene rings is 1. The second-order valence-electron chi connectivity index (χ2n) is 7.35. The molecule has 6 heteroatoms. The summed E-state index contributed by atoms with van der Waals surface area (Å²) in [6.45, 7) is 9.84. The zero-order valence-electron chi connectivity index (χ0n) is 15.9. The van der Waals surface area contributed by atoms with Crippen molar-refractivity contribution in [2.24, 2.45) is 0 Å². The molecule has 0 amide bonds. The normalized spacial score (nSPS) is 19.2. The van der Waals surface area contributed by atoms with Gasteiger partial charge in [-0.1, -0.05) is 18.2 Å². The molecular weight excluding hydrogens is 319 g/mol. The van der Waals surface area contributed by atoms with Gasteiger partial charge in [0.05, 0.1) is 24.9 Å². The molecule has 0 bridgehead atoms. The topological polar surface area (TPSA) is 65.0 Å². The average Bonchev–Trinajstić information content (AvgIpc) is 2.76. The fourth-order valence-electron chi connectivity index (χ4n) is 2.68. The molecule has 1 saturated heterocycles. The Bertz CT molecular complexity index is 662. The van der Waals surface area contributed by atoms with Crippen molar-refractivity contribution >= 4 is 18.6 Å². The van der Waals surface area contributed by atoms with Gasteiger partial charge in [0.25, 0.3) is 0 Å². The first kappa shape index (κ1) is 19.7. The Labute approximate surface area is 150 Å². The van der Waals surface area contributed by atoms with E-state index in [1.807, 2.05) is 52.8 Å². The summed E-state index contributed by atoms with van der Waals surface area (Å²) in [4.78, 5) is 11.9. The first-order chi connectivity index (χ1) is 11.6. The lowest BCUT2D eigenvalue weighted by atomic mass is 9.77. The summed E-state index contributed by atoms with van der Waals surface area (Å²) in [5.41, 5.74) is 2.55. The van der Waals surface area contributed by atoms with E-state index in [1.165, 1.54) is 13.2 Å². The molecule has 0 atom stereocenters. The number of carbonyl (C=O) groups excluding carboxylic acids is 1. The van der Waals surface area contributed by atoms with E-state index >= 15 is 0 Å². The van der Waals surface area contributed by atoms with Crippen molar-refractivity contribution in [3.8, 4) is 0 Å². The van der Waals surface area contributed by atoms with E-state index < -0.39 is 24.3 Å². The van der Waals surface area contributed by atoms with Crippen LogP contribution in [-0.2, 0) is 25.3 Å². The highest BCUT2D eigenvalue weighted by atomic mass is 16.7. The van der Waals surface area contributed by atoms with Crippen LogP contribution >= 0.6 is 0 Å². The second-order valence-corrected chi connectivity index (χ2v) is 7.35. The number of rotatable bonds is 5. The average molecular weight is 346 g/mol. The maximum Gasteiger partial charge on any atom is 0.494 e. The maximum absolute atomic E-state index is 11.9. The van der Waals surface area contributed by atoms with E-state index in [2.05, 4.69) is 0 Å². The Morgan fingerprint density at radius 2 is 1.84 bits per heavy atom. The minimum absolute atomic E-state index is 0.208. The minimum Gasteiger partial charge on any atom is -0.466 e. The van der Waals surface area contributed by atoms with Crippen LogP contribution in [0.2, 0.25) is 0 Å². The molecule has 136 valence electrons. The van der Waals surface area contributed by atoms with Gasteiger partial charge in [-0.05, 0) is 57.3 Å². The molecule has 25 heavy (non-hydrogen) atoms. The lowest BCUT2D eigenvalue weighted by Gasteiger charge is -2.32. The highest BCUT2D eigenvalue weighted by Crippen LogP contribution is 2.36. The van der Waals surface area contributed by atoms with E-state index in [1.54, 1.807) is 0 Å². The first-order valence-electron chi connectivity index (χ1n) is 8.44. The highest BCUT2D eigenvalue weighted by molar-refractivity contribution is 6.62. The predicted molar refractivity (Wildman–Crippen MR) is 97.8 cm³/mol. The maximum atomic E-state index is 11.9. The number of aliphatic hydroxyl groups excluding tert-OH is 1. The first-order valence-corrected chi connectivity index (χ1v) is 8.44. The molecule has 0 unspecified atom stereocenters. The number of hydrogen-bond donors (Lipinski definition) is 1. The van der Waals surface area contributed by atoms with Crippen LogP contribution in [0.4, 0.5) is 0 Å². The van der Waals surface area contributed by atoms with Crippen LogP contribution in [0.25, 0.3) is 0 Å². The zero-order chi connectivity index (χ0) is 18.8. The third-order valence-corrected chi connectivity index (χ3v) is 5.06. The summed E-state index contributed by atoms with van der Waals surface area (Å²) in [7, 11) is 0.883. The largest absolute Gasteiger partial charge is 0.494 e. The molecule has 0 saturated carbocycles. The Kier molecular flexibility index (Phi) is 5.77. The number of aryl methyl sites for hydroxylation is 1. The van der Waals surface area contributed by atoms with Crippen LogP contribution in [0.3, 0.4) is 0 Å². The van der Waals surface area contributed by atoms with Crippen molar-refractivity contribution in [1.29, 1.82) is 0 Å². The molecule has 1 heterocycles. The number of methoxy groups -OCH3 is 1. The van der Waals surface area contributed by atoms with Gasteiger partial charge in [-0.25, -0.2) is 4.79 Å². The minimum atomic E-state index is -0.451. The number of hydrogen-bond acceptors (Lipinski definition) is 5. The molecule has 1 aromatic carbocycles. The molecule has 1 aliphatic heterocycles. The van der Waals surface area contributed by atoms with Crippen molar-refractivity contribution in [2.45, 2.75) is 52.2 Å². The van der Waals surface area contributed by atoms with Crippen molar-refractivity contribution in [3.63, 3.8) is 0 Å². The molecule has 5 nitrogen and oxygen atoms in total. The van der Waals surface area contributed by atoms with Gasteiger partial charge in [-0.15, -0.1) is 0 Å². The molecule has 0 aliphatic carbocycles. The highest BCUT2D eigenvalue weighted by Gasteiger charge is 2.51. The van der Waals surface area contributed by atoms with Crippen LogP contribution < -0.4 is 5.46 Å². The molecule has 0 spiro atoms. The fourth-order valence-corrected chi connectivity index (χ4v) is 2.68. The van der Waals surface area contributed by atoms with Gasteiger partial charge < -0.3 is 19.2 Å². The van der Waals surface area contributed by atoms with Gasteiger partial charge in [0.2, 0.25) is 0 Å². The van der Waals surface area contributed by atoms with E-state index in [9.17, 15) is 4.79 Å². The van der Waals surface area contributed by atoms with Gasteiger partial charge in [0.15, 0.2) is 0 Å². The number of aliphatic hydroxyl groups is 1. The summed E-state index contributed by atoms with van der Waals surface area (Å²) in [6, 6.07) is 5.96. The van der Waals surface area contributed by atoms with Crippen molar-refractivity contribution < 1.29 is 23.9 Å². The Morgan fingerprint density at radius 3 is 2.36 bits per heavy atom. The Morgan fingerprint density at radius 1 is 1.24 bits per heavy atom. The quantitative estimate of drug-likeness (QED) is 0.501. The van der Waals surface area contributed by atoms with Gasteiger partial charge in [-0.3, -0.25) is 0 Å². The lowest BCUT2D eigenvalue weighted by molar-refractivity contribution is -0.136. The fraction of sp³-hybridized carbons (Fsp3) is 0.526. The molecule has 1 N–H and O–H groups in total. The Balaban J connectivity index is 2.30. The molecule has 0 aromatic heterocycles. The van der Waals surface area contributed by atoms with Crippen LogP contribution in [0.15, 0.2) is 29.8 Å². The standard InChI is InChI=1S/C19H27BO5/c1-13-7-8-16(20-24-18(2,3)19(4,5)25-20)12-15(13)11-14(9-10-21)17(22)23-6/h7-9,12,21H,10-11H2,1-6H3/b14-9+. The van der Waals surface area contributed by atoms with Gasteiger partial charge in [-0.2, -0.15) is 0 Å². The zero-order valence-corrected chi connectivity index (χ0v) is 15.9.